The van der Waals surface area contributed by atoms with Crippen molar-refractivity contribution in [2.75, 3.05) is 13.2 Å². The van der Waals surface area contributed by atoms with Gasteiger partial charge >= 0.3 is 0 Å². The summed E-state index contributed by atoms with van der Waals surface area (Å²) in [4.78, 5) is 12.4. The molecule has 1 aliphatic rings. The molecule has 0 radical (unpaired) electrons. The zero-order valence-electron chi connectivity index (χ0n) is 14.5. The monoisotopic (exact) mass is 341 g/mol. The molecule has 0 unspecified atom stereocenters. The maximum Gasteiger partial charge on any atom is 0.261 e. The number of fused-ring (bicyclic) bond motifs is 1. The standard InChI is InChI=1S/C20H23NO4/c1-3-17(24-15-10-8-14(2)9-11-15)20(22)21-12-16-13-23-18-6-4-5-7-19(18)25-16/h4-11,16-17H,3,12-13H2,1-2H3,(H,21,22)/t16-,17+/m1/s1. The molecule has 2 atom stereocenters. The summed E-state index contributed by atoms with van der Waals surface area (Å²) < 4.78 is 17.3. The SMILES string of the molecule is CC[C@H](Oc1ccc(C)cc1)C(=O)NC[C@@H]1COc2ccccc2O1. The summed E-state index contributed by atoms with van der Waals surface area (Å²) in [5.74, 6) is 1.99. The van der Waals surface area contributed by atoms with Crippen molar-refractivity contribution in [3.8, 4) is 17.2 Å². The fraction of sp³-hybridized carbons (Fsp3) is 0.350. The van der Waals surface area contributed by atoms with Crippen LogP contribution in [0.25, 0.3) is 0 Å². The smallest absolute Gasteiger partial charge is 0.261 e. The zero-order valence-corrected chi connectivity index (χ0v) is 14.5. The van der Waals surface area contributed by atoms with Crippen molar-refractivity contribution in [1.29, 1.82) is 0 Å². The lowest BCUT2D eigenvalue weighted by Crippen LogP contribution is -2.45. The second-order valence-electron chi connectivity index (χ2n) is 6.07. The Bertz CT molecular complexity index is 714. The van der Waals surface area contributed by atoms with Crippen molar-refractivity contribution in [1.82, 2.24) is 5.32 Å². The first kappa shape index (κ1) is 17.1. The summed E-state index contributed by atoms with van der Waals surface area (Å²) in [6, 6.07) is 15.2. The Morgan fingerprint density at radius 2 is 1.92 bits per heavy atom. The minimum Gasteiger partial charge on any atom is -0.486 e. The molecule has 25 heavy (non-hydrogen) atoms. The van der Waals surface area contributed by atoms with Gasteiger partial charge < -0.3 is 19.5 Å². The number of carbonyl (C=O) groups excluding carboxylic acids is 1. The van der Waals surface area contributed by atoms with Gasteiger partial charge in [0.25, 0.3) is 5.91 Å². The van der Waals surface area contributed by atoms with Gasteiger partial charge in [-0.1, -0.05) is 36.8 Å². The number of amides is 1. The number of ether oxygens (including phenoxy) is 3. The minimum absolute atomic E-state index is 0.148. The first-order valence-electron chi connectivity index (χ1n) is 8.55. The van der Waals surface area contributed by atoms with Crippen LogP contribution < -0.4 is 19.5 Å². The highest BCUT2D eigenvalue weighted by Crippen LogP contribution is 2.30. The lowest BCUT2D eigenvalue weighted by Gasteiger charge is -2.27. The summed E-state index contributed by atoms with van der Waals surface area (Å²) in [7, 11) is 0. The first-order chi connectivity index (χ1) is 12.2. The van der Waals surface area contributed by atoms with Crippen LogP contribution in [0.1, 0.15) is 18.9 Å². The molecule has 1 aliphatic heterocycles. The highest BCUT2D eigenvalue weighted by molar-refractivity contribution is 5.81. The van der Waals surface area contributed by atoms with E-state index in [1.54, 1.807) is 0 Å². The van der Waals surface area contributed by atoms with Crippen LogP contribution in [-0.4, -0.2) is 31.3 Å². The van der Waals surface area contributed by atoms with E-state index in [0.29, 0.717) is 31.1 Å². The van der Waals surface area contributed by atoms with Crippen molar-refractivity contribution < 1.29 is 19.0 Å². The van der Waals surface area contributed by atoms with E-state index in [1.165, 1.54) is 0 Å². The average molecular weight is 341 g/mol. The summed E-state index contributed by atoms with van der Waals surface area (Å²) >= 11 is 0. The Kier molecular flexibility index (Phi) is 5.43. The van der Waals surface area contributed by atoms with E-state index >= 15 is 0 Å². The molecule has 1 heterocycles. The average Bonchev–Trinajstić information content (AvgIpc) is 2.65. The molecular formula is C20H23NO4. The van der Waals surface area contributed by atoms with Gasteiger partial charge in [-0.25, -0.2) is 0 Å². The third kappa shape index (κ3) is 4.44. The molecule has 5 heteroatoms. The largest absolute Gasteiger partial charge is 0.486 e. The van der Waals surface area contributed by atoms with Gasteiger partial charge in [-0.2, -0.15) is 0 Å². The Labute approximate surface area is 147 Å². The lowest BCUT2D eigenvalue weighted by atomic mass is 10.2. The van der Waals surface area contributed by atoms with E-state index in [1.807, 2.05) is 62.4 Å². The van der Waals surface area contributed by atoms with Crippen molar-refractivity contribution >= 4 is 5.91 Å². The number of rotatable bonds is 6. The Balaban J connectivity index is 1.52. The molecule has 0 aliphatic carbocycles. The van der Waals surface area contributed by atoms with Crippen LogP contribution in [0.5, 0.6) is 17.2 Å². The molecule has 3 rings (SSSR count). The summed E-state index contributed by atoms with van der Waals surface area (Å²) in [5, 5.41) is 2.90. The summed E-state index contributed by atoms with van der Waals surface area (Å²) in [5.41, 5.74) is 1.15. The van der Waals surface area contributed by atoms with Gasteiger partial charge in [-0.15, -0.1) is 0 Å². The van der Waals surface area contributed by atoms with E-state index in [9.17, 15) is 4.79 Å². The highest BCUT2D eigenvalue weighted by atomic mass is 16.6. The van der Waals surface area contributed by atoms with E-state index in [2.05, 4.69) is 5.32 Å². The molecule has 5 nitrogen and oxygen atoms in total. The zero-order chi connectivity index (χ0) is 17.6. The number of hydrogen-bond donors (Lipinski definition) is 1. The van der Waals surface area contributed by atoms with Crippen molar-refractivity contribution in [3.63, 3.8) is 0 Å². The topological polar surface area (TPSA) is 56.8 Å². The van der Waals surface area contributed by atoms with Crippen LogP contribution in [-0.2, 0) is 4.79 Å². The summed E-state index contributed by atoms with van der Waals surface area (Å²) in [6.07, 6.45) is -0.153. The molecule has 0 spiro atoms. The molecule has 0 saturated heterocycles. The number of aryl methyl sites for hydroxylation is 1. The third-order valence-corrected chi connectivity index (χ3v) is 4.03. The molecular weight excluding hydrogens is 318 g/mol. The maximum absolute atomic E-state index is 12.4. The van der Waals surface area contributed by atoms with Crippen molar-refractivity contribution in [2.45, 2.75) is 32.5 Å². The van der Waals surface area contributed by atoms with Gasteiger partial charge in [0.1, 0.15) is 18.5 Å². The molecule has 2 aromatic carbocycles. The van der Waals surface area contributed by atoms with E-state index in [0.717, 1.165) is 11.3 Å². The maximum atomic E-state index is 12.4. The molecule has 0 bridgehead atoms. The van der Waals surface area contributed by atoms with Crippen LogP contribution in [0.4, 0.5) is 0 Å². The van der Waals surface area contributed by atoms with Crippen LogP contribution in [0.2, 0.25) is 0 Å². The molecule has 1 amide bonds. The molecule has 1 N–H and O–H groups in total. The Hall–Kier alpha value is -2.69. The number of para-hydroxylation sites is 2. The molecule has 0 fully saturated rings. The van der Waals surface area contributed by atoms with Crippen LogP contribution >= 0.6 is 0 Å². The fourth-order valence-corrected chi connectivity index (χ4v) is 2.60. The Morgan fingerprint density at radius 1 is 1.20 bits per heavy atom. The van der Waals surface area contributed by atoms with Crippen LogP contribution in [0, 0.1) is 6.92 Å². The van der Waals surface area contributed by atoms with E-state index < -0.39 is 6.10 Å². The first-order valence-corrected chi connectivity index (χ1v) is 8.55. The predicted molar refractivity (Wildman–Crippen MR) is 95.2 cm³/mol. The van der Waals surface area contributed by atoms with Gasteiger partial charge in [-0.05, 0) is 37.6 Å². The van der Waals surface area contributed by atoms with Gasteiger partial charge in [0, 0.05) is 0 Å². The van der Waals surface area contributed by atoms with Crippen LogP contribution in [0.3, 0.4) is 0 Å². The van der Waals surface area contributed by atoms with E-state index in [4.69, 9.17) is 14.2 Å². The van der Waals surface area contributed by atoms with Crippen LogP contribution in [0.15, 0.2) is 48.5 Å². The van der Waals surface area contributed by atoms with Gasteiger partial charge in [0.05, 0.1) is 6.54 Å². The Morgan fingerprint density at radius 3 is 2.64 bits per heavy atom. The molecule has 132 valence electrons. The second kappa shape index (κ2) is 7.92. The quantitative estimate of drug-likeness (QED) is 0.877. The predicted octanol–water partition coefficient (Wildman–Crippen LogP) is 3.11. The van der Waals surface area contributed by atoms with Gasteiger partial charge in [0.15, 0.2) is 17.6 Å². The summed E-state index contributed by atoms with van der Waals surface area (Å²) in [6.45, 7) is 4.72. The number of nitrogens with one attached hydrogen (secondary N) is 1. The van der Waals surface area contributed by atoms with Crippen molar-refractivity contribution in [2.24, 2.45) is 0 Å². The number of carbonyl (C=O) groups is 1. The normalized spacial score (nSPS) is 16.8. The number of benzene rings is 2. The fourth-order valence-electron chi connectivity index (χ4n) is 2.60. The van der Waals surface area contributed by atoms with Gasteiger partial charge in [-0.3, -0.25) is 4.79 Å². The second-order valence-corrected chi connectivity index (χ2v) is 6.07. The number of hydrogen-bond acceptors (Lipinski definition) is 4. The molecule has 0 saturated carbocycles. The minimum atomic E-state index is -0.528. The van der Waals surface area contributed by atoms with E-state index in [-0.39, 0.29) is 12.0 Å². The lowest BCUT2D eigenvalue weighted by molar-refractivity contribution is -0.128. The van der Waals surface area contributed by atoms with Crippen molar-refractivity contribution in [3.05, 3.63) is 54.1 Å². The van der Waals surface area contributed by atoms with Gasteiger partial charge in [0.2, 0.25) is 0 Å². The highest BCUT2D eigenvalue weighted by Gasteiger charge is 2.23. The molecule has 2 aromatic rings. The molecule has 0 aromatic heterocycles. The third-order valence-electron chi connectivity index (χ3n) is 4.03.